The van der Waals surface area contributed by atoms with Gasteiger partial charge in [0.2, 0.25) is 5.91 Å². The zero-order valence-electron chi connectivity index (χ0n) is 20.5. The molecule has 182 valence electrons. The van der Waals surface area contributed by atoms with Gasteiger partial charge < -0.3 is 14.8 Å². The number of hydrogen-bond acceptors (Lipinski definition) is 3. The molecule has 0 radical (unpaired) electrons. The lowest BCUT2D eigenvalue weighted by Crippen LogP contribution is -2.64. The number of fused-ring (bicyclic) bond motifs is 1. The zero-order chi connectivity index (χ0) is 24.3. The molecule has 1 aliphatic heterocycles. The van der Waals surface area contributed by atoms with E-state index in [2.05, 4.69) is 10.3 Å². The van der Waals surface area contributed by atoms with Crippen molar-refractivity contribution in [1.29, 1.82) is 0 Å². The van der Waals surface area contributed by atoms with Crippen molar-refractivity contribution in [2.24, 2.45) is 0 Å². The number of hydrogen-bond donors (Lipinski definition) is 1. The lowest BCUT2D eigenvalue weighted by molar-refractivity contribution is -0.134. The fraction of sp³-hybridized carbons (Fsp3) is 0.414. The van der Waals surface area contributed by atoms with E-state index in [9.17, 15) is 9.59 Å². The minimum absolute atomic E-state index is 0.0707. The second kappa shape index (κ2) is 10.1. The molecule has 6 nitrogen and oxygen atoms in total. The Morgan fingerprint density at radius 1 is 0.971 bits per heavy atom. The zero-order valence-corrected chi connectivity index (χ0v) is 20.5. The third-order valence-corrected chi connectivity index (χ3v) is 7.57. The first kappa shape index (κ1) is 23.3. The summed E-state index contributed by atoms with van der Waals surface area (Å²) in [6.07, 6.45) is 11.5. The first-order chi connectivity index (χ1) is 17.1. The molecule has 2 aromatic heterocycles. The van der Waals surface area contributed by atoms with Crippen molar-refractivity contribution in [2.75, 3.05) is 0 Å². The van der Waals surface area contributed by atoms with Gasteiger partial charge in [0.15, 0.2) is 0 Å². The Morgan fingerprint density at radius 2 is 1.69 bits per heavy atom. The highest BCUT2D eigenvalue weighted by Crippen LogP contribution is 2.34. The molecule has 3 aromatic rings. The van der Waals surface area contributed by atoms with E-state index >= 15 is 0 Å². The van der Waals surface area contributed by atoms with Crippen LogP contribution in [0.15, 0.2) is 67.0 Å². The van der Waals surface area contributed by atoms with Crippen LogP contribution in [-0.2, 0) is 17.9 Å². The van der Waals surface area contributed by atoms with E-state index in [1.165, 1.54) is 19.3 Å². The topological polar surface area (TPSA) is 67.2 Å². The highest BCUT2D eigenvalue weighted by molar-refractivity contribution is 6.00. The maximum Gasteiger partial charge on any atom is 0.271 e. The standard InChI is InChI=1S/C29H34N4O2/c1-29(28(35)31-24-14-8-3-2-4-9-15-24)21-32-25(23-12-6-5-7-13-23)16-17-26(32)27(34)33(29)20-22-11-10-18-30-19-22/h5-7,10-13,16-19,24H,2-4,8-9,14-15,20-21H2,1H3,(H,31,35)/t29-/m1/s1. The van der Waals surface area contributed by atoms with Crippen molar-refractivity contribution in [3.63, 3.8) is 0 Å². The SMILES string of the molecule is C[C@]1(C(=O)NC2CCCCCCC2)Cn2c(ccc2-c2ccccc2)C(=O)N1Cc1cccnc1. The van der Waals surface area contributed by atoms with Crippen LogP contribution >= 0.6 is 0 Å². The molecule has 5 rings (SSSR count). The summed E-state index contributed by atoms with van der Waals surface area (Å²) in [5, 5.41) is 3.35. The third kappa shape index (κ3) is 4.75. The number of carbonyl (C=O) groups excluding carboxylic acids is 2. The Bertz CT molecular complexity index is 1170. The van der Waals surface area contributed by atoms with E-state index < -0.39 is 5.54 Å². The number of amides is 2. The van der Waals surface area contributed by atoms with E-state index in [1.807, 2.05) is 66.1 Å². The summed E-state index contributed by atoms with van der Waals surface area (Å²) in [4.78, 5) is 33.8. The van der Waals surface area contributed by atoms with Crippen LogP contribution in [0.25, 0.3) is 11.3 Å². The molecular formula is C29H34N4O2. The Hall–Kier alpha value is -3.41. The van der Waals surface area contributed by atoms with E-state index in [-0.39, 0.29) is 17.9 Å². The van der Waals surface area contributed by atoms with Gasteiger partial charge in [-0.25, -0.2) is 0 Å². The number of carbonyl (C=O) groups is 2. The van der Waals surface area contributed by atoms with Gasteiger partial charge in [0.05, 0.1) is 6.54 Å². The monoisotopic (exact) mass is 470 g/mol. The van der Waals surface area contributed by atoms with Crippen LogP contribution in [0, 0.1) is 0 Å². The molecule has 35 heavy (non-hydrogen) atoms. The van der Waals surface area contributed by atoms with Crippen LogP contribution in [0.4, 0.5) is 0 Å². The van der Waals surface area contributed by atoms with E-state index in [4.69, 9.17) is 0 Å². The van der Waals surface area contributed by atoms with Crippen molar-refractivity contribution in [1.82, 2.24) is 19.8 Å². The molecule has 6 heteroatoms. The molecule has 1 fully saturated rings. The number of nitrogens with one attached hydrogen (secondary N) is 1. The van der Waals surface area contributed by atoms with Gasteiger partial charge in [0.25, 0.3) is 5.91 Å². The Labute approximate surface area is 207 Å². The number of nitrogens with zero attached hydrogens (tertiary/aromatic N) is 3. The molecule has 1 aliphatic carbocycles. The van der Waals surface area contributed by atoms with Crippen molar-refractivity contribution in [3.05, 3.63) is 78.2 Å². The molecule has 1 aromatic carbocycles. The fourth-order valence-electron chi connectivity index (χ4n) is 5.50. The summed E-state index contributed by atoms with van der Waals surface area (Å²) in [5.41, 5.74) is 2.50. The van der Waals surface area contributed by atoms with E-state index in [0.29, 0.717) is 18.8 Å². The average Bonchev–Trinajstić information content (AvgIpc) is 3.28. The summed E-state index contributed by atoms with van der Waals surface area (Å²) in [6, 6.07) is 17.9. The average molecular weight is 471 g/mol. The lowest BCUT2D eigenvalue weighted by atomic mass is 9.91. The van der Waals surface area contributed by atoms with Crippen molar-refractivity contribution in [2.45, 2.75) is 76.5 Å². The van der Waals surface area contributed by atoms with Gasteiger partial charge in [-0.3, -0.25) is 14.6 Å². The predicted molar refractivity (Wildman–Crippen MR) is 137 cm³/mol. The molecular weight excluding hydrogens is 436 g/mol. The molecule has 0 unspecified atom stereocenters. The fourth-order valence-corrected chi connectivity index (χ4v) is 5.50. The highest BCUT2D eigenvalue weighted by atomic mass is 16.2. The van der Waals surface area contributed by atoms with Gasteiger partial charge in [0, 0.05) is 30.7 Å². The quantitative estimate of drug-likeness (QED) is 0.558. The van der Waals surface area contributed by atoms with Crippen LogP contribution in [-0.4, -0.2) is 37.8 Å². The molecule has 1 N–H and O–H groups in total. The number of aromatic nitrogens is 2. The van der Waals surface area contributed by atoms with Crippen molar-refractivity contribution >= 4 is 11.8 Å². The van der Waals surface area contributed by atoms with Gasteiger partial charge in [-0.1, -0.05) is 68.5 Å². The van der Waals surface area contributed by atoms with Crippen LogP contribution in [0.5, 0.6) is 0 Å². The molecule has 2 aliphatic rings. The van der Waals surface area contributed by atoms with Gasteiger partial charge in [-0.2, -0.15) is 0 Å². The van der Waals surface area contributed by atoms with Crippen LogP contribution in [0.2, 0.25) is 0 Å². The first-order valence-electron chi connectivity index (χ1n) is 12.8. The van der Waals surface area contributed by atoms with E-state index in [0.717, 1.165) is 42.5 Å². The summed E-state index contributed by atoms with van der Waals surface area (Å²) < 4.78 is 2.02. The molecule has 0 spiro atoms. The lowest BCUT2D eigenvalue weighted by Gasteiger charge is -2.45. The van der Waals surface area contributed by atoms with Gasteiger partial charge in [0.1, 0.15) is 11.2 Å². The second-order valence-electron chi connectivity index (χ2n) is 10.1. The normalized spacial score (nSPS) is 21.2. The van der Waals surface area contributed by atoms with Crippen molar-refractivity contribution < 1.29 is 9.59 Å². The highest BCUT2D eigenvalue weighted by Gasteiger charge is 2.48. The summed E-state index contributed by atoms with van der Waals surface area (Å²) in [7, 11) is 0. The van der Waals surface area contributed by atoms with Gasteiger partial charge in [-0.15, -0.1) is 0 Å². The Balaban J connectivity index is 1.50. The van der Waals surface area contributed by atoms with Gasteiger partial charge >= 0.3 is 0 Å². The minimum Gasteiger partial charge on any atom is -0.351 e. The number of pyridine rings is 1. The molecule has 1 saturated carbocycles. The molecule has 2 amide bonds. The predicted octanol–water partition coefficient (Wildman–Crippen LogP) is 5.19. The maximum atomic E-state index is 14.0. The summed E-state index contributed by atoms with van der Waals surface area (Å²) >= 11 is 0. The molecule has 1 atom stereocenters. The van der Waals surface area contributed by atoms with Crippen LogP contribution < -0.4 is 5.32 Å². The third-order valence-electron chi connectivity index (χ3n) is 7.57. The Kier molecular flexibility index (Phi) is 6.71. The number of rotatable bonds is 5. The maximum absolute atomic E-state index is 14.0. The van der Waals surface area contributed by atoms with E-state index in [1.54, 1.807) is 17.3 Å². The molecule has 3 heterocycles. The Morgan fingerprint density at radius 3 is 2.40 bits per heavy atom. The number of benzene rings is 1. The largest absolute Gasteiger partial charge is 0.351 e. The van der Waals surface area contributed by atoms with Crippen LogP contribution in [0.1, 0.15) is 67.9 Å². The molecule has 0 bridgehead atoms. The second-order valence-corrected chi connectivity index (χ2v) is 10.1. The van der Waals surface area contributed by atoms with Crippen molar-refractivity contribution in [3.8, 4) is 11.3 Å². The molecule has 0 saturated heterocycles. The van der Waals surface area contributed by atoms with Gasteiger partial charge in [-0.05, 0) is 49.1 Å². The first-order valence-corrected chi connectivity index (χ1v) is 12.8. The summed E-state index contributed by atoms with van der Waals surface area (Å²) in [5.74, 6) is -0.198. The minimum atomic E-state index is -1.02. The summed E-state index contributed by atoms with van der Waals surface area (Å²) in [6.45, 7) is 2.66. The van der Waals surface area contributed by atoms with Crippen LogP contribution in [0.3, 0.4) is 0 Å². The smallest absolute Gasteiger partial charge is 0.271 e.